The van der Waals surface area contributed by atoms with Crippen LogP contribution in [0.15, 0.2) is 60.8 Å². The average molecular weight is 735 g/mol. The Labute approximate surface area is 312 Å². The molecule has 0 spiro atoms. The fraction of sp³-hybridized carbons (Fsp3) is 0.439. The number of halogens is 1. The summed E-state index contributed by atoms with van der Waals surface area (Å²) in [6.45, 7) is 7.52. The number of amides is 1. The van der Waals surface area contributed by atoms with Gasteiger partial charge >= 0.3 is 5.97 Å². The number of carbonyl (C=O) groups is 2. The zero-order chi connectivity index (χ0) is 35.8. The van der Waals surface area contributed by atoms with Gasteiger partial charge in [-0.3, -0.25) is 14.8 Å². The SMILES string of the molecule is CC(C)(C)OC(=O)c1nc(N2CCc3cccc(C(=O)Nc4nc5ccccc5s4)c3C2)ccc1-c1cnn(CC23CC4CC(CC(C4)C2)C3)c1Cl. The average Bonchev–Trinajstić information content (AvgIpc) is 3.67. The molecule has 0 saturated heterocycles. The number of fused-ring (bicyclic) bond motifs is 2. The van der Waals surface area contributed by atoms with Crippen LogP contribution in [0.3, 0.4) is 0 Å². The third kappa shape index (κ3) is 6.27. The molecule has 52 heavy (non-hydrogen) atoms. The third-order valence-electron chi connectivity index (χ3n) is 11.5. The van der Waals surface area contributed by atoms with E-state index < -0.39 is 11.6 Å². The summed E-state index contributed by atoms with van der Waals surface area (Å²) in [5.41, 5.74) is 4.55. The molecule has 4 saturated carbocycles. The first kappa shape index (κ1) is 33.5. The highest BCUT2D eigenvalue weighted by atomic mass is 35.5. The summed E-state index contributed by atoms with van der Waals surface area (Å²) in [5.74, 6) is 2.43. The normalized spacial score (nSPS) is 23.5. The van der Waals surface area contributed by atoms with Crippen molar-refractivity contribution in [2.24, 2.45) is 23.2 Å². The first-order chi connectivity index (χ1) is 25.0. The van der Waals surface area contributed by atoms with Crippen LogP contribution in [0.25, 0.3) is 21.3 Å². The van der Waals surface area contributed by atoms with Gasteiger partial charge in [-0.2, -0.15) is 5.10 Å². The van der Waals surface area contributed by atoms with Crippen LogP contribution in [0.5, 0.6) is 0 Å². The van der Waals surface area contributed by atoms with Gasteiger partial charge < -0.3 is 9.64 Å². The van der Waals surface area contributed by atoms with Crippen LogP contribution in [0.4, 0.5) is 10.9 Å². The van der Waals surface area contributed by atoms with E-state index in [2.05, 4.69) is 21.3 Å². The second-order valence-electron chi connectivity index (χ2n) is 16.5. The minimum Gasteiger partial charge on any atom is -0.455 e. The number of esters is 1. The van der Waals surface area contributed by atoms with Crippen molar-refractivity contribution >= 4 is 56.0 Å². The zero-order valence-electron chi connectivity index (χ0n) is 29.8. The highest BCUT2D eigenvalue weighted by molar-refractivity contribution is 7.22. The maximum absolute atomic E-state index is 13.9. The zero-order valence-corrected chi connectivity index (χ0v) is 31.4. The predicted molar refractivity (Wildman–Crippen MR) is 205 cm³/mol. The van der Waals surface area contributed by atoms with Crippen LogP contribution in [0, 0.1) is 23.2 Å². The largest absolute Gasteiger partial charge is 0.455 e. The standard InChI is InChI=1S/C41H43ClN6O3S/c1-40(2,3)51-38(50)35-28(30-21-43-48(36(30)42)23-41-18-24-15-25(19-41)17-26(16-24)20-41)11-12-34(45-35)47-14-13-27-7-6-8-29(31(27)22-47)37(49)46-39-44-32-9-4-5-10-33(32)52-39/h4-12,21,24-26H,13-20,22-23H2,1-3H3,(H,44,46,49). The monoisotopic (exact) mass is 734 g/mol. The van der Waals surface area contributed by atoms with Crippen LogP contribution in [-0.4, -0.2) is 43.8 Å². The molecule has 4 fully saturated rings. The molecule has 11 heteroatoms. The van der Waals surface area contributed by atoms with Gasteiger partial charge in [-0.05, 0) is 130 Å². The minimum atomic E-state index is -0.714. The molecule has 1 aliphatic heterocycles. The van der Waals surface area contributed by atoms with Crippen molar-refractivity contribution in [1.29, 1.82) is 0 Å². The number of nitrogens with zero attached hydrogens (tertiary/aromatic N) is 5. The highest BCUT2D eigenvalue weighted by Crippen LogP contribution is 2.60. The smallest absolute Gasteiger partial charge is 0.358 e. The maximum Gasteiger partial charge on any atom is 0.358 e. The molecule has 2 aromatic carbocycles. The number of nitrogens with one attached hydrogen (secondary N) is 1. The van der Waals surface area contributed by atoms with Crippen molar-refractivity contribution in [2.45, 2.75) is 84.4 Å². The van der Waals surface area contributed by atoms with Gasteiger partial charge in [0.2, 0.25) is 0 Å². The van der Waals surface area contributed by atoms with Crippen molar-refractivity contribution in [3.8, 4) is 11.1 Å². The molecule has 5 aliphatic rings. The van der Waals surface area contributed by atoms with Crippen molar-refractivity contribution in [3.63, 3.8) is 0 Å². The molecular weight excluding hydrogens is 692 g/mol. The Morgan fingerprint density at radius 2 is 1.71 bits per heavy atom. The van der Waals surface area contributed by atoms with E-state index in [1.807, 2.05) is 74.0 Å². The lowest BCUT2D eigenvalue weighted by atomic mass is 9.49. The molecule has 10 rings (SSSR count). The number of rotatable bonds is 7. The molecule has 1 amide bonds. The Morgan fingerprint density at radius 1 is 0.962 bits per heavy atom. The number of anilines is 2. The predicted octanol–water partition coefficient (Wildman–Crippen LogP) is 9.19. The summed E-state index contributed by atoms with van der Waals surface area (Å²) >= 11 is 8.61. The van der Waals surface area contributed by atoms with E-state index in [9.17, 15) is 9.59 Å². The van der Waals surface area contributed by atoms with Crippen molar-refractivity contribution in [2.75, 3.05) is 16.8 Å². The van der Waals surface area contributed by atoms with Gasteiger partial charge in [0, 0.05) is 36.3 Å². The summed E-state index contributed by atoms with van der Waals surface area (Å²) in [4.78, 5) is 39.2. The van der Waals surface area contributed by atoms with Crippen LogP contribution >= 0.6 is 22.9 Å². The maximum atomic E-state index is 13.9. The van der Waals surface area contributed by atoms with E-state index in [4.69, 9.17) is 26.4 Å². The molecule has 0 atom stereocenters. The number of aromatic nitrogens is 4. The molecular formula is C41H43ClN6O3S. The fourth-order valence-electron chi connectivity index (χ4n) is 9.87. The molecule has 3 aromatic heterocycles. The number of thiazole rings is 1. The summed E-state index contributed by atoms with van der Waals surface area (Å²) in [6, 6.07) is 17.6. The topological polar surface area (TPSA) is 102 Å². The number of benzene rings is 2. The van der Waals surface area contributed by atoms with Crippen molar-refractivity contribution < 1.29 is 14.3 Å². The molecule has 5 aromatic rings. The first-order valence-electron chi connectivity index (χ1n) is 18.5. The van der Waals surface area contributed by atoms with E-state index in [1.165, 1.54) is 49.9 Å². The third-order valence-corrected chi connectivity index (χ3v) is 12.9. The summed E-state index contributed by atoms with van der Waals surface area (Å²) < 4.78 is 8.88. The number of carbonyl (C=O) groups excluding carboxylic acids is 2. The van der Waals surface area contributed by atoms with Crippen LogP contribution in [0.1, 0.15) is 91.3 Å². The van der Waals surface area contributed by atoms with Gasteiger partial charge in [0.05, 0.1) is 16.4 Å². The van der Waals surface area contributed by atoms with E-state index in [0.717, 1.165) is 52.1 Å². The lowest BCUT2D eigenvalue weighted by molar-refractivity contribution is -0.0635. The van der Waals surface area contributed by atoms with Gasteiger partial charge in [0.1, 0.15) is 16.6 Å². The summed E-state index contributed by atoms with van der Waals surface area (Å²) in [7, 11) is 0. The molecule has 268 valence electrons. The van der Waals surface area contributed by atoms with Gasteiger partial charge in [0.25, 0.3) is 5.91 Å². The second-order valence-corrected chi connectivity index (χ2v) is 17.9. The quantitative estimate of drug-likeness (QED) is 0.166. The highest BCUT2D eigenvalue weighted by Gasteiger charge is 2.51. The lowest BCUT2D eigenvalue weighted by Crippen LogP contribution is -2.48. The second kappa shape index (κ2) is 12.7. The van der Waals surface area contributed by atoms with E-state index >= 15 is 0 Å². The molecule has 0 unspecified atom stereocenters. The summed E-state index contributed by atoms with van der Waals surface area (Å²) in [6.07, 6.45) is 10.4. The number of para-hydroxylation sites is 1. The van der Waals surface area contributed by atoms with Gasteiger partial charge in [-0.1, -0.05) is 47.2 Å². The Balaban J connectivity index is 1.01. The number of hydrogen-bond donors (Lipinski definition) is 1. The van der Waals surface area contributed by atoms with Crippen LogP contribution < -0.4 is 10.2 Å². The number of hydrogen-bond acceptors (Lipinski definition) is 8. The molecule has 4 bridgehead atoms. The molecule has 4 heterocycles. The number of pyridine rings is 1. The fourth-order valence-corrected chi connectivity index (χ4v) is 11.0. The van der Waals surface area contributed by atoms with Gasteiger partial charge in [-0.15, -0.1) is 0 Å². The van der Waals surface area contributed by atoms with Crippen LogP contribution in [-0.2, 0) is 24.2 Å². The number of ether oxygens (including phenoxy) is 1. The molecule has 1 N–H and O–H groups in total. The van der Waals surface area contributed by atoms with Gasteiger partial charge in [-0.25, -0.2) is 14.8 Å². The Morgan fingerprint density at radius 3 is 2.44 bits per heavy atom. The molecule has 0 radical (unpaired) electrons. The first-order valence-corrected chi connectivity index (χ1v) is 19.7. The lowest BCUT2D eigenvalue weighted by Gasteiger charge is -2.56. The van der Waals surface area contributed by atoms with Crippen molar-refractivity contribution in [3.05, 3.63) is 88.3 Å². The van der Waals surface area contributed by atoms with Crippen LogP contribution in [0.2, 0.25) is 5.15 Å². The van der Waals surface area contributed by atoms with E-state index in [1.54, 1.807) is 6.20 Å². The Kier molecular flexibility index (Phi) is 8.19. The van der Waals surface area contributed by atoms with Gasteiger partial charge in [0.15, 0.2) is 10.8 Å². The molecule has 4 aliphatic carbocycles. The molecule has 9 nitrogen and oxygen atoms in total. The van der Waals surface area contributed by atoms with E-state index in [-0.39, 0.29) is 17.0 Å². The summed E-state index contributed by atoms with van der Waals surface area (Å²) in [5, 5.41) is 8.93. The Hall–Kier alpha value is -4.28. The minimum absolute atomic E-state index is 0.198. The Bertz CT molecular complexity index is 2150. The van der Waals surface area contributed by atoms with E-state index in [0.29, 0.717) is 45.9 Å². The van der Waals surface area contributed by atoms with Crippen molar-refractivity contribution in [1.82, 2.24) is 19.7 Å².